The van der Waals surface area contributed by atoms with Crippen LogP contribution in [-0.2, 0) is 9.59 Å². The highest BCUT2D eigenvalue weighted by molar-refractivity contribution is 5.81. The number of primary amides is 1. The lowest BCUT2D eigenvalue weighted by atomic mass is 9.88. The summed E-state index contributed by atoms with van der Waals surface area (Å²) in [6, 6.07) is 9.26. The number of hydrogen-bond acceptors (Lipinski definition) is 3. The molecular weight excluding hydrogens is 278 g/mol. The summed E-state index contributed by atoms with van der Waals surface area (Å²) in [5.74, 6) is 0.0877. The highest BCUT2D eigenvalue weighted by atomic mass is 16.2. The maximum absolute atomic E-state index is 11.8. The van der Waals surface area contributed by atoms with Crippen molar-refractivity contribution < 1.29 is 9.59 Å². The van der Waals surface area contributed by atoms with Crippen molar-refractivity contribution in [1.29, 1.82) is 0 Å². The van der Waals surface area contributed by atoms with Gasteiger partial charge in [0.2, 0.25) is 11.8 Å². The molecular formula is C17H25N3O2. The smallest absolute Gasteiger partial charge is 0.239 e. The molecule has 2 rings (SSSR count). The van der Waals surface area contributed by atoms with Gasteiger partial charge in [-0.3, -0.25) is 14.9 Å². The molecule has 0 radical (unpaired) electrons. The predicted octanol–water partition coefficient (Wildman–Crippen LogP) is 1.45. The Morgan fingerprint density at radius 3 is 2.59 bits per heavy atom. The molecule has 1 heterocycles. The van der Waals surface area contributed by atoms with Crippen molar-refractivity contribution in [3.8, 4) is 0 Å². The van der Waals surface area contributed by atoms with Gasteiger partial charge in [0, 0.05) is 26.1 Å². The van der Waals surface area contributed by atoms with Gasteiger partial charge in [-0.25, -0.2) is 0 Å². The zero-order valence-corrected chi connectivity index (χ0v) is 13.3. The van der Waals surface area contributed by atoms with Crippen molar-refractivity contribution in [2.24, 2.45) is 11.7 Å². The normalized spacial score (nSPS) is 23.1. The minimum absolute atomic E-state index is 0.117. The van der Waals surface area contributed by atoms with E-state index in [-0.39, 0.29) is 17.9 Å². The van der Waals surface area contributed by atoms with Crippen LogP contribution in [-0.4, -0.2) is 35.8 Å². The summed E-state index contributed by atoms with van der Waals surface area (Å²) in [5.41, 5.74) is 6.47. The van der Waals surface area contributed by atoms with E-state index in [1.165, 1.54) is 0 Å². The van der Waals surface area contributed by atoms with Crippen LogP contribution in [0.25, 0.3) is 0 Å². The van der Waals surface area contributed by atoms with Crippen molar-refractivity contribution in [2.45, 2.75) is 38.8 Å². The summed E-state index contributed by atoms with van der Waals surface area (Å²) in [6.07, 6.45) is 1.80. The van der Waals surface area contributed by atoms with Crippen LogP contribution in [0, 0.1) is 5.92 Å². The molecule has 0 aromatic heterocycles. The third-order valence-corrected chi connectivity index (χ3v) is 4.50. The van der Waals surface area contributed by atoms with Gasteiger partial charge in [0.05, 0.1) is 0 Å². The first-order valence-corrected chi connectivity index (χ1v) is 7.88. The zero-order valence-electron chi connectivity index (χ0n) is 13.3. The largest absolute Gasteiger partial charge is 0.368 e. The molecule has 3 N–H and O–H groups in total. The zero-order chi connectivity index (χ0) is 16.1. The summed E-state index contributed by atoms with van der Waals surface area (Å²) < 4.78 is 0. The highest BCUT2D eigenvalue weighted by Gasteiger charge is 2.32. The summed E-state index contributed by atoms with van der Waals surface area (Å²) in [5, 5.41) is 3.42. The Labute approximate surface area is 131 Å². The summed E-state index contributed by atoms with van der Waals surface area (Å²) in [6.45, 7) is 5.19. The number of carbonyl (C=O) groups is 2. The van der Waals surface area contributed by atoms with E-state index >= 15 is 0 Å². The van der Waals surface area contributed by atoms with E-state index in [1.807, 2.05) is 35.2 Å². The highest BCUT2D eigenvalue weighted by Crippen LogP contribution is 2.23. The Morgan fingerprint density at radius 2 is 2.05 bits per heavy atom. The average Bonchev–Trinajstić information content (AvgIpc) is 2.52. The summed E-state index contributed by atoms with van der Waals surface area (Å²) in [7, 11) is 0. The van der Waals surface area contributed by atoms with Crippen LogP contribution < -0.4 is 11.1 Å². The number of nitrogens with two attached hydrogens (primary N) is 1. The Bertz CT molecular complexity index is 518. The molecule has 0 aliphatic carbocycles. The van der Waals surface area contributed by atoms with Gasteiger partial charge in [-0.15, -0.1) is 0 Å². The van der Waals surface area contributed by atoms with Crippen LogP contribution in [0.2, 0.25) is 0 Å². The van der Waals surface area contributed by atoms with E-state index in [4.69, 9.17) is 5.73 Å². The molecule has 0 spiro atoms. The maximum Gasteiger partial charge on any atom is 0.239 e. The minimum Gasteiger partial charge on any atom is -0.368 e. The lowest BCUT2D eigenvalue weighted by molar-refractivity contribution is -0.131. The standard InChI is InChI=1S/C17H25N3O2/c1-3-13-11-20(12(2)21)10-9-15(13)19-16(17(18)22)14-7-5-4-6-8-14/h4-8,13,15-16,19H,3,9-11H2,1-2H3,(H2,18,22)/t13-,15+,16+/m1/s1. The molecule has 5 nitrogen and oxygen atoms in total. The number of piperidine rings is 1. The molecule has 1 fully saturated rings. The predicted molar refractivity (Wildman–Crippen MR) is 86.0 cm³/mol. The van der Waals surface area contributed by atoms with Gasteiger partial charge in [0.15, 0.2) is 0 Å². The van der Waals surface area contributed by atoms with E-state index in [9.17, 15) is 9.59 Å². The van der Waals surface area contributed by atoms with E-state index in [1.54, 1.807) is 6.92 Å². The van der Waals surface area contributed by atoms with Crippen molar-refractivity contribution >= 4 is 11.8 Å². The van der Waals surface area contributed by atoms with Crippen molar-refractivity contribution in [2.75, 3.05) is 13.1 Å². The van der Waals surface area contributed by atoms with Gasteiger partial charge in [-0.2, -0.15) is 0 Å². The van der Waals surface area contributed by atoms with Gasteiger partial charge < -0.3 is 10.6 Å². The summed E-state index contributed by atoms with van der Waals surface area (Å²) in [4.78, 5) is 25.3. The lowest BCUT2D eigenvalue weighted by Gasteiger charge is -2.39. The number of benzene rings is 1. The molecule has 22 heavy (non-hydrogen) atoms. The van der Waals surface area contributed by atoms with Crippen LogP contribution in [0.5, 0.6) is 0 Å². The Morgan fingerprint density at radius 1 is 1.36 bits per heavy atom. The third kappa shape index (κ3) is 3.85. The first-order chi connectivity index (χ1) is 10.5. The molecule has 0 saturated carbocycles. The molecule has 1 saturated heterocycles. The number of rotatable bonds is 5. The van der Waals surface area contributed by atoms with Crippen LogP contribution in [0.15, 0.2) is 30.3 Å². The number of carbonyl (C=O) groups excluding carboxylic acids is 2. The van der Waals surface area contributed by atoms with E-state index < -0.39 is 6.04 Å². The SMILES string of the molecule is CC[C@@H]1CN(C(C)=O)CC[C@@H]1N[C@H](C(N)=O)c1ccccc1. The monoisotopic (exact) mass is 303 g/mol. The van der Waals surface area contributed by atoms with Crippen molar-refractivity contribution in [1.82, 2.24) is 10.2 Å². The second kappa shape index (κ2) is 7.40. The first kappa shape index (κ1) is 16.5. The Hall–Kier alpha value is -1.88. The number of nitrogens with zero attached hydrogens (tertiary/aromatic N) is 1. The number of hydrogen-bond donors (Lipinski definition) is 2. The van der Waals surface area contributed by atoms with E-state index in [2.05, 4.69) is 12.2 Å². The van der Waals surface area contributed by atoms with Gasteiger partial charge in [-0.1, -0.05) is 43.7 Å². The van der Waals surface area contributed by atoms with E-state index in [0.29, 0.717) is 5.92 Å². The molecule has 0 unspecified atom stereocenters. The first-order valence-electron chi connectivity index (χ1n) is 7.88. The van der Waals surface area contributed by atoms with Gasteiger partial charge in [0.25, 0.3) is 0 Å². The lowest BCUT2D eigenvalue weighted by Crippen LogP contribution is -2.52. The topological polar surface area (TPSA) is 75.4 Å². The van der Waals surface area contributed by atoms with Crippen LogP contribution in [0.3, 0.4) is 0 Å². The maximum atomic E-state index is 11.8. The van der Waals surface area contributed by atoms with Gasteiger partial charge >= 0.3 is 0 Å². The molecule has 1 aliphatic rings. The molecule has 2 amide bonds. The van der Waals surface area contributed by atoms with Crippen LogP contribution in [0.4, 0.5) is 0 Å². The Kier molecular flexibility index (Phi) is 5.55. The van der Waals surface area contributed by atoms with Gasteiger partial charge in [0.1, 0.15) is 6.04 Å². The molecule has 1 aromatic rings. The fourth-order valence-electron chi connectivity index (χ4n) is 3.15. The molecule has 5 heteroatoms. The second-order valence-corrected chi connectivity index (χ2v) is 5.94. The second-order valence-electron chi connectivity index (χ2n) is 5.94. The number of nitrogens with one attached hydrogen (secondary N) is 1. The fraction of sp³-hybridized carbons (Fsp3) is 0.529. The van der Waals surface area contributed by atoms with Crippen molar-refractivity contribution in [3.63, 3.8) is 0 Å². The molecule has 1 aliphatic heterocycles. The average molecular weight is 303 g/mol. The summed E-state index contributed by atoms with van der Waals surface area (Å²) >= 11 is 0. The molecule has 120 valence electrons. The molecule has 1 aromatic carbocycles. The molecule has 3 atom stereocenters. The quantitative estimate of drug-likeness (QED) is 0.864. The van der Waals surface area contributed by atoms with Gasteiger partial charge in [-0.05, 0) is 17.9 Å². The van der Waals surface area contributed by atoms with Crippen molar-refractivity contribution in [3.05, 3.63) is 35.9 Å². The minimum atomic E-state index is -0.482. The third-order valence-electron chi connectivity index (χ3n) is 4.50. The van der Waals surface area contributed by atoms with E-state index in [0.717, 1.165) is 31.5 Å². The Balaban J connectivity index is 2.10. The fourth-order valence-corrected chi connectivity index (χ4v) is 3.15. The van der Waals surface area contributed by atoms with Crippen LogP contribution >= 0.6 is 0 Å². The number of likely N-dealkylation sites (tertiary alicyclic amines) is 1. The number of amides is 2. The molecule has 0 bridgehead atoms. The van der Waals surface area contributed by atoms with Crippen LogP contribution in [0.1, 0.15) is 38.3 Å².